The minimum atomic E-state index is 0.335. The van der Waals surface area contributed by atoms with E-state index in [1.807, 2.05) is 19.2 Å². The van der Waals surface area contributed by atoms with E-state index in [0.29, 0.717) is 12.1 Å². The van der Waals surface area contributed by atoms with Crippen molar-refractivity contribution in [2.75, 3.05) is 20.1 Å². The molecule has 3 rings (SSSR count). The van der Waals surface area contributed by atoms with E-state index in [1.54, 1.807) is 0 Å². The van der Waals surface area contributed by atoms with Crippen molar-refractivity contribution in [2.45, 2.75) is 31.8 Å². The quantitative estimate of drug-likeness (QED) is 0.916. The third-order valence-corrected chi connectivity index (χ3v) is 4.76. The second-order valence-corrected chi connectivity index (χ2v) is 6.51. The molecule has 1 aliphatic rings. The molecule has 2 aromatic rings. The second-order valence-electron chi connectivity index (χ2n) is 5.60. The molecule has 1 aromatic heterocycles. The number of likely N-dealkylation sites (tertiary alicyclic amines) is 1. The van der Waals surface area contributed by atoms with Gasteiger partial charge in [0.05, 0.1) is 6.04 Å². The number of nitrogens with zero attached hydrogens (tertiary/aromatic N) is 1. The Morgan fingerprint density at radius 3 is 3.10 bits per heavy atom. The molecule has 0 amide bonds. The fourth-order valence-corrected chi connectivity index (χ4v) is 3.61. The third-order valence-electron chi connectivity index (χ3n) is 4.27. The summed E-state index contributed by atoms with van der Waals surface area (Å²) in [5.41, 5.74) is 0.972. The molecule has 1 fully saturated rings. The zero-order valence-electron chi connectivity index (χ0n) is 12.0. The van der Waals surface area contributed by atoms with Crippen molar-refractivity contribution >= 4 is 26.9 Å². The highest BCUT2D eigenvalue weighted by atomic mass is 79.9. The molecule has 108 valence electrons. The second kappa shape index (κ2) is 5.88. The normalized spacial score (nSPS) is 21.6. The zero-order valence-corrected chi connectivity index (χ0v) is 13.6. The van der Waals surface area contributed by atoms with Gasteiger partial charge in [0.25, 0.3) is 0 Å². The Bertz CT molecular complexity index is 595. The minimum absolute atomic E-state index is 0.335. The van der Waals surface area contributed by atoms with Gasteiger partial charge in [-0.05, 0) is 57.6 Å². The fraction of sp³-hybridized carbons (Fsp3) is 0.500. The maximum Gasteiger partial charge on any atom is 0.134 e. The Balaban J connectivity index is 1.86. The molecule has 0 saturated carbocycles. The van der Waals surface area contributed by atoms with Gasteiger partial charge in [0.2, 0.25) is 0 Å². The van der Waals surface area contributed by atoms with Crippen molar-refractivity contribution in [3.63, 3.8) is 0 Å². The predicted molar refractivity (Wildman–Crippen MR) is 86.0 cm³/mol. The van der Waals surface area contributed by atoms with E-state index in [-0.39, 0.29) is 0 Å². The van der Waals surface area contributed by atoms with Crippen LogP contribution in [0.15, 0.2) is 33.2 Å². The monoisotopic (exact) mass is 336 g/mol. The highest BCUT2D eigenvalue weighted by Crippen LogP contribution is 2.33. The summed E-state index contributed by atoms with van der Waals surface area (Å²) in [5, 5.41) is 4.47. The van der Waals surface area contributed by atoms with Gasteiger partial charge in [0, 0.05) is 22.4 Å². The first-order valence-corrected chi connectivity index (χ1v) is 8.07. The molecule has 0 bridgehead atoms. The van der Waals surface area contributed by atoms with E-state index in [1.165, 1.54) is 18.2 Å². The summed E-state index contributed by atoms with van der Waals surface area (Å²) in [5.74, 6) is 1.07. The highest BCUT2D eigenvalue weighted by molar-refractivity contribution is 9.10. The van der Waals surface area contributed by atoms with Crippen LogP contribution in [0.1, 0.15) is 31.6 Å². The van der Waals surface area contributed by atoms with Crippen molar-refractivity contribution in [1.82, 2.24) is 10.2 Å². The number of furan rings is 1. The van der Waals surface area contributed by atoms with E-state index in [4.69, 9.17) is 4.42 Å². The molecular formula is C16H21BrN2O. The molecule has 2 atom stereocenters. The molecule has 4 heteroatoms. The number of fused-ring (bicyclic) bond motifs is 1. The number of rotatable bonds is 4. The van der Waals surface area contributed by atoms with Crippen LogP contribution in [0.5, 0.6) is 0 Å². The van der Waals surface area contributed by atoms with Gasteiger partial charge in [-0.25, -0.2) is 0 Å². The van der Waals surface area contributed by atoms with Gasteiger partial charge in [-0.15, -0.1) is 0 Å². The summed E-state index contributed by atoms with van der Waals surface area (Å²) in [6.07, 6.45) is 2.55. The Morgan fingerprint density at radius 2 is 2.30 bits per heavy atom. The molecule has 2 unspecified atom stereocenters. The SMILES string of the molecule is CNCC1CCCN1C(C)c1cc2cc(Br)ccc2o1. The number of halogens is 1. The molecule has 3 nitrogen and oxygen atoms in total. The lowest BCUT2D eigenvalue weighted by Crippen LogP contribution is -2.38. The summed E-state index contributed by atoms with van der Waals surface area (Å²) < 4.78 is 7.14. The van der Waals surface area contributed by atoms with Crippen LogP contribution >= 0.6 is 15.9 Å². The van der Waals surface area contributed by atoms with Crippen LogP contribution in [-0.4, -0.2) is 31.1 Å². The average molecular weight is 337 g/mol. The maximum absolute atomic E-state index is 6.04. The van der Waals surface area contributed by atoms with Crippen LogP contribution in [0, 0.1) is 0 Å². The van der Waals surface area contributed by atoms with Gasteiger partial charge in [-0.1, -0.05) is 15.9 Å². The first-order chi connectivity index (χ1) is 9.69. The molecule has 1 N–H and O–H groups in total. The van der Waals surface area contributed by atoms with Gasteiger partial charge in [0.15, 0.2) is 0 Å². The lowest BCUT2D eigenvalue weighted by molar-refractivity contribution is 0.173. The van der Waals surface area contributed by atoms with Gasteiger partial charge in [-0.3, -0.25) is 4.90 Å². The summed E-state index contributed by atoms with van der Waals surface area (Å²) in [7, 11) is 2.03. The van der Waals surface area contributed by atoms with Crippen LogP contribution in [0.3, 0.4) is 0 Å². The fourth-order valence-electron chi connectivity index (χ4n) is 3.23. The molecule has 2 heterocycles. The first-order valence-electron chi connectivity index (χ1n) is 7.28. The number of likely N-dealkylation sites (N-methyl/N-ethyl adjacent to an activating group) is 1. The van der Waals surface area contributed by atoms with Crippen molar-refractivity contribution in [3.8, 4) is 0 Å². The van der Waals surface area contributed by atoms with Gasteiger partial charge in [-0.2, -0.15) is 0 Å². The van der Waals surface area contributed by atoms with Crippen molar-refractivity contribution in [2.24, 2.45) is 0 Å². The molecule has 20 heavy (non-hydrogen) atoms. The molecule has 0 radical (unpaired) electrons. The molecule has 1 aromatic carbocycles. The molecule has 0 spiro atoms. The standard InChI is InChI=1S/C16H21BrN2O/c1-11(19-7-3-4-14(19)10-18-2)16-9-12-8-13(17)5-6-15(12)20-16/h5-6,8-9,11,14,18H,3-4,7,10H2,1-2H3. The average Bonchev–Trinajstić information content (AvgIpc) is 3.04. The first kappa shape index (κ1) is 14.1. The zero-order chi connectivity index (χ0) is 14.1. The van der Waals surface area contributed by atoms with Crippen molar-refractivity contribution in [3.05, 3.63) is 34.5 Å². The lowest BCUT2D eigenvalue weighted by Gasteiger charge is -2.29. The van der Waals surface area contributed by atoms with E-state index >= 15 is 0 Å². The Labute approximate surface area is 128 Å². The van der Waals surface area contributed by atoms with Crippen molar-refractivity contribution < 1.29 is 4.42 Å². The largest absolute Gasteiger partial charge is 0.459 e. The summed E-state index contributed by atoms with van der Waals surface area (Å²) in [4.78, 5) is 2.56. The molecule has 0 aliphatic carbocycles. The highest BCUT2D eigenvalue weighted by Gasteiger charge is 2.30. The maximum atomic E-state index is 6.04. The molecule has 1 aliphatic heterocycles. The summed E-state index contributed by atoms with van der Waals surface area (Å²) in [6.45, 7) is 4.46. The molecule has 1 saturated heterocycles. The summed E-state index contributed by atoms with van der Waals surface area (Å²) >= 11 is 3.51. The third kappa shape index (κ3) is 2.65. The molecular weight excluding hydrogens is 316 g/mol. The topological polar surface area (TPSA) is 28.4 Å². The Kier molecular flexibility index (Phi) is 4.15. The van der Waals surface area contributed by atoms with E-state index in [9.17, 15) is 0 Å². The number of benzene rings is 1. The van der Waals surface area contributed by atoms with Crippen LogP contribution in [0.25, 0.3) is 11.0 Å². The smallest absolute Gasteiger partial charge is 0.134 e. The van der Waals surface area contributed by atoms with Crippen LogP contribution < -0.4 is 5.32 Å². The predicted octanol–water partition coefficient (Wildman–Crippen LogP) is 3.94. The van der Waals surface area contributed by atoms with E-state index in [2.05, 4.69) is 45.2 Å². The van der Waals surface area contributed by atoms with E-state index in [0.717, 1.165) is 28.9 Å². The van der Waals surface area contributed by atoms with Gasteiger partial charge >= 0.3 is 0 Å². The summed E-state index contributed by atoms with van der Waals surface area (Å²) in [6, 6.07) is 9.31. The number of hydrogen-bond acceptors (Lipinski definition) is 3. The number of hydrogen-bond donors (Lipinski definition) is 1. The van der Waals surface area contributed by atoms with Gasteiger partial charge in [0.1, 0.15) is 11.3 Å². The van der Waals surface area contributed by atoms with E-state index < -0.39 is 0 Å². The van der Waals surface area contributed by atoms with Crippen LogP contribution in [0.4, 0.5) is 0 Å². The number of nitrogens with one attached hydrogen (secondary N) is 1. The Morgan fingerprint density at radius 1 is 1.45 bits per heavy atom. The Hall–Kier alpha value is -0.840. The minimum Gasteiger partial charge on any atom is -0.459 e. The van der Waals surface area contributed by atoms with Crippen molar-refractivity contribution in [1.29, 1.82) is 0 Å². The van der Waals surface area contributed by atoms with Crippen LogP contribution in [0.2, 0.25) is 0 Å². The van der Waals surface area contributed by atoms with Gasteiger partial charge < -0.3 is 9.73 Å². The van der Waals surface area contributed by atoms with Crippen LogP contribution in [-0.2, 0) is 0 Å². The lowest BCUT2D eigenvalue weighted by atomic mass is 10.1.